The predicted molar refractivity (Wildman–Crippen MR) is 161 cm³/mol. The van der Waals surface area contributed by atoms with E-state index in [1.54, 1.807) is 42.5 Å². The van der Waals surface area contributed by atoms with Crippen LogP contribution in [0.1, 0.15) is 37.4 Å². The van der Waals surface area contributed by atoms with Gasteiger partial charge in [0.2, 0.25) is 0 Å². The fourth-order valence-electron chi connectivity index (χ4n) is 4.86. The van der Waals surface area contributed by atoms with Crippen LogP contribution in [0, 0.1) is 6.92 Å². The third kappa shape index (κ3) is 7.07. The van der Waals surface area contributed by atoms with Gasteiger partial charge in [0.25, 0.3) is 11.8 Å². The van der Waals surface area contributed by atoms with E-state index < -0.39 is 17.6 Å². The molecule has 0 atom stereocenters. The molecule has 0 spiro atoms. The molecule has 0 unspecified atom stereocenters. The van der Waals surface area contributed by atoms with Gasteiger partial charge in [0.05, 0.1) is 5.56 Å². The Kier molecular flexibility index (Phi) is 8.77. The van der Waals surface area contributed by atoms with Gasteiger partial charge in [0, 0.05) is 60.1 Å². The molecular weight excluding hydrogens is 561 g/mol. The van der Waals surface area contributed by atoms with Gasteiger partial charge in [-0.2, -0.15) is 13.2 Å². The van der Waals surface area contributed by atoms with Crippen molar-refractivity contribution in [1.29, 1.82) is 0 Å². The summed E-state index contributed by atoms with van der Waals surface area (Å²) >= 11 is 1.58. The number of carbonyl (C=O) groups excluding carboxylic acids is 2. The van der Waals surface area contributed by atoms with Crippen LogP contribution < -0.4 is 10.6 Å². The van der Waals surface area contributed by atoms with E-state index in [1.807, 2.05) is 41.6 Å². The Balaban J connectivity index is 1.30. The number of piperazine rings is 1. The van der Waals surface area contributed by atoms with Gasteiger partial charge in [-0.25, -0.2) is 0 Å². The second-order valence-corrected chi connectivity index (χ2v) is 11.4. The molecule has 1 fully saturated rings. The normalized spacial score (nSPS) is 14.5. The molecule has 0 saturated carbocycles. The second kappa shape index (κ2) is 12.5. The van der Waals surface area contributed by atoms with Gasteiger partial charge in [0.1, 0.15) is 0 Å². The fourth-order valence-corrected chi connectivity index (χ4v) is 5.58. The molecule has 1 saturated heterocycles. The maximum atomic E-state index is 14.0. The largest absolute Gasteiger partial charge is 0.416 e. The maximum absolute atomic E-state index is 14.0. The fraction of sp³-hybridized carbons (Fsp3) is 0.250. The summed E-state index contributed by atoms with van der Waals surface area (Å²) in [4.78, 5) is 31.3. The average Bonchev–Trinajstić information content (AvgIpc) is 3.51. The Morgan fingerprint density at radius 2 is 1.60 bits per heavy atom. The van der Waals surface area contributed by atoms with E-state index in [1.165, 1.54) is 18.2 Å². The molecule has 4 aromatic rings. The number of halogens is 3. The van der Waals surface area contributed by atoms with Crippen molar-refractivity contribution in [2.45, 2.75) is 19.6 Å². The van der Waals surface area contributed by atoms with E-state index in [2.05, 4.69) is 15.5 Å². The minimum Gasteiger partial charge on any atom is -0.322 e. The zero-order chi connectivity index (χ0) is 29.9. The van der Waals surface area contributed by atoms with Crippen molar-refractivity contribution in [3.8, 4) is 10.4 Å². The van der Waals surface area contributed by atoms with Gasteiger partial charge in [-0.15, -0.1) is 11.3 Å². The van der Waals surface area contributed by atoms with Crippen molar-refractivity contribution in [3.63, 3.8) is 0 Å². The van der Waals surface area contributed by atoms with Gasteiger partial charge in [0.15, 0.2) is 0 Å². The lowest BCUT2D eigenvalue weighted by Crippen LogP contribution is -2.44. The maximum Gasteiger partial charge on any atom is 0.416 e. The number of nitrogens with zero attached hydrogens (tertiary/aromatic N) is 2. The minimum absolute atomic E-state index is 0.0472. The van der Waals surface area contributed by atoms with Gasteiger partial charge in [-0.3, -0.25) is 14.5 Å². The molecule has 0 radical (unpaired) electrons. The number of anilines is 2. The lowest BCUT2D eigenvalue weighted by molar-refractivity contribution is -0.138. The first-order chi connectivity index (χ1) is 20.1. The number of hydrogen-bond donors (Lipinski definition) is 2. The highest BCUT2D eigenvalue weighted by molar-refractivity contribution is 7.13. The summed E-state index contributed by atoms with van der Waals surface area (Å²) < 4.78 is 42.0. The SMILES string of the molecule is Cc1ccc(C(=O)Nc2ccc(CN3CCN(C)CC3)c(C(F)(F)F)c2)cc1NC(=O)c1cccc(-c2cccs2)c1. The molecule has 2 N–H and O–H groups in total. The first-order valence-electron chi connectivity index (χ1n) is 13.5. The molecule has 2 amide bonds. The number of thiophene rings is 1. The molecule has 218 valence electrons. The Bertz CT molecular complexity index is 1580. The van der Waals surface area contributed by atoms with Crippen LogP contribution in [0.2, 0.25) is 0 Å². The van der Waals surface area contributed by atoms with Crippen LogP contribution in [-0.4, -0.2) is 54.8 Å². The summed E-state index contributed by atoms with van der Waals surface area (Å²) in [7, 11) is 1.99. The van der Waals surface area contributed by atoms with Gasteiger partial charge in [-0.1, -0.05) is 30.3 Å². The van der Waals surface area contributed by atoms with Crippen molar-refractivity contribution in [3.05, 3.63) is 106 Å². The summed E-state index contributed by atoms with van der Waals surface area (Å²) in [5.74, 6) is -0.912. The number of amides is 2. The van der Waals surface area contributed by atoms with E-state index in [0.29, 0.717) is 24.3 Å². The number of alkyl halides is 3. The van der Waals surface area contributed by atoms with Crippen LogP contribution in [0.5, 0.6) is 0 Å². The smallest absolute Gasteiger partial charge is 0.322 e. The van der Waals surface area contributed by atoms with Crippen LogP contribution in [0.25, 0.3) is 10.4 Å². The van der Waals surface area contributed by atoms with E-state index in [0.717, 1.165) is 35.2 Å². The van der Waals surface area contributed by atoms with Crippen molar-refractivity contribution >= 4 is 34.5 Å². The van der Waals surface area contributed by atoms with Gasteiger partial charge >= 0.3 is 6.18 Å². The van der Waals surface area contributed by atoms with Crippen LogP contribution in [0.4, 0.5) is 24.5 Å². The average molecular weight is 593 g/mol. The number of aryl methyl sites for hydroxylation is 1. The number of likely N-dealkylation sites (N-methyl/N-ethyl adjacent to an activating group) is 1. The van der Waals surface area contributed by atoms with E-state index in [9.17, 15) is 22.8 Å². The summed E-state index contributed by atoms with van der Waals surface area (Å²) in [5, 5.41) is 7.42. The molecule has 5 rings (SSSR count). The molecule has 6 nitrogen and oxygen atoms in total. The number of carbonyl (C=O) groups is 2. The van der Waals surface area contributed by atoms with Crippen molar-refractivity contribution in [2.24, 2.45) is 0 Å². The molecule has 3 aromatic carbocycles. The third-order valence-electron chi connectivity index (χ3n) is 7.34. The van der Waals surface area contributed by atoms with E-state index in [-0.39, 0.29) is 29.3 Å². The quantitative estimate of drug-likeness (QED) is 0.243. The van der Waals surface area contributed by atoms with Crippen LogP contribution in [0.3, 0.4) is 0 Å². The molecule has 1 aliphatic rings. The third-order valence-corrected chi connectivity index (χ3v) is 8.26. The number of hydrogen-bond acceptors (Lipinski definition) is 5. The Labute approximate surface area is 246 Å². The zero-order valence-electron chi connectivity index (χ0n) is 23.3. The van der Waals surface area contributed by atoms with E-state index >= 15 is 0 Å². The van der Waals surface area contributed by atoms with Crippen LogP contribution in [-0.2, 0) is 12.7 Å². The summed E-state index contributed by atoms with van der Waals surface area (Å²) in [6, 6.07) is 19.9. The minimum atomic E-state index is -4.56. The highest BCUT2D eigenvalue weighted by Gasteiger charge is 2.34. The summed E-state index contributed by atoms with van der Waals surface area (Å²) in [6.07, 6.45) is -4.56. The Morgan fingerprint density at radius 3 is 2.31 bits per heavy atom. The van der Waals surface area contributed by atoms with Crippen molar-refractivity contribution in [1.82, 2.24) is 9.80 Å². The van der Waals surface area contributed by atoms with Crippen LogP contribution >= 0.6 is 11.3 Å². The number of benzene rings is 3. The number of nitrogens with one attached hydrogen (secondary N) is 2. The Hall–Kier alpha value is -3.99. The lowest BCUT2D eigenvalue weighted by Gasteiger charge is -2.33. The number of rotatable bonds is 7. The first kappa shape index (κ1) is 29.5. The molecule has 0 bridgehead atoms. The van der Waals surface area contributed by atoms with E-state index in [4.69, 9.17) is 0 Å². The van der Waals surface area contributed by atoms with Gasteiger partial charge < -0.3 is 15.5 Å². The topological polar surface area (TPSA) is 64.7 Å². The van der Waals surface area contributed by atoms with Crippen LogP contribution in [0.15, 0.2) is 78.2 Å². The Morgan fingerprint density at radius 1 is 0.857 bits per heavy atom. The molecule has 2 heterocycles. The molecule has 0 aliphatic carbocycles. The highest BCUT2D eigenvalue weighted by Crippen LogP contribution is 2.35. The lowest BCUT2D eigenvalue weighted by atomic mass is 10.0. The molecular formula is C32H31F3N4O2S. The predicted octanol–water partition coefficient (Wildman–Crippen LogP) is 6.99. The second-order valence-electron chi connectivity index (χ2n) is 10.4. The molecule has 42 heavy (non-hydrogen) atoms. The zero-order valence-corrected chi connectivity index (χ0v) is 24.1. The summed E-state index contributed by atoms with van der Waals surface area (Å²) in [5.41, 5.74) is 2.23. The molecule has 1 aromatic heterocycles. The highest BCUT2D eigenvalue weighted by atomic mass is 32.1. The molecule has 10 heteroatoms. The van der Waals surface area contributed by atoms with Crippen molar-refractivity contribution in [2.75, 3.05) is 43.9 Å². The standard InChI is InChI=1S/C32H31F3N4O2S/c1-21-8-9-24(18-28(21)37-31(41)23-6-3-5-22(17-23)29-7-4-16-42-29)30(40)36-26-11-10-25(27(19-26)32(33,34)35)20-39-14-12-38(2)13-15-39/h3-11,16-19H,12-15,20H2,1-2H3,(H,36,40)(H,37,41). The monoisotopic (exact) mass is 592 g/mol. The van der Waals surface area contributed by atoms with Gasteiger partial charge in [-0.05, 0) is 78.5 Å². The first-order valence-corrected chi connectivity index (χ1v) is 14.4. The van der Waals surface area contributed by atoms with Crippen molar-refractivity contribution < 1.29 is 22.8 Å². The summed E-state index contributed by atoms with van der Waals surface area (Å²) in [6.45, 7) is 4.98. The molecule has 1 aliphatic heterocycles.